The van der Waals surface area contributed by atoms with Crippen LogP contribution in [0.25, 0.3) is 0 Å². The molecule has 0 bridgehead atoms. The van der Waals surface area contributed by atoms with Gasteiger partial charge in [0.15, 0.2) is 0 Å². The standard InChI is InChI=1S/C26H43N/c1-4-6-8-22-11-18-26(27-19-22)20(3)23-14-16-25(17-15-23)24-12-9-21(7-5-2)10-13-24/h11,18-21,23-25H,4-10,12-17H2,1-3H3. The van der Waals surface area contributed by atoms with Crippen molar-refractivity contribution in [2.45, 2.75) is 110 Å². The summed E-state index contributed by atoms with van der Waals surface area (Å²) < 4.78 is 0. The Morgan fingerprint density at radius 3 is 2.11 bits per heavy atom. The summed E-state index contributed by atoms with van der Waals surface area (Å²) in [4.78, 5) is 4.84. The third-order valence-corrected chi connectivity index (χ3v) is 7.91. The molecule has 1 aromatic rings. The highest BCUT2D eigenvalue weighted by Gasteiger charge is 2.32. The zero-order valence-electron chi connectivity index (χ0n) is 18.3. The average Bonchev–Trinajstić information content (AvgIpc) is 2.73. The molecule has 1 unspecified atom stereocenters. The number of hydrogen-bond acceptors (Lipinski definition) is 1. The summed E-state index contributed by atoms with van der Waals surface area (Å²) in [6, 6.07) is 4.64. The van der Waals surface area contributed by atoms with E-state index in [1.165, 1.54) is 94.7 Å². The summed E-state index contributed by atoms with van der Waals surface area (Å²) in [5.74, 6) is 4.61. The largest absolute Gasteiger partial charge is 0.261 e. The molecular formula is C26H43N. The average molecular weight is 370 g/mol. The number of aromatic nitrogens is 1. The van der Waals surface area contributed by atoms with Crippen LogP contribution in [0.5, 0.6) is 0 Å². The monoisotopic (exact) mass is 369 g/mol. The first-order chi connectivity index (χ1) is 13.2. The van der Waals surface area contributed by atoms with Crippen LogP contribution in [0.1, 0.15) is 115 Å². The lowest BCUT2D eigenvalue weighted by molar-refractivity contribution is 0.136. The van der Waals surface area contributed by atoms with E-state index >= 15 is 0 Å². The summed E-state index contributed by atoms with van der Waals surface area (Å²) >= 11 is 0. The highest BCUT2D eigenvalue weighted by molar-refractivity contribution is 5.17. The molecule has 2 aliphatic rings. The normalized spacial score (nSPS) is 30.2. The molecule has 152 valence electrons. The van der Waals surface area contributed by atoms with Crippen LogP contribution in [-0.4, -0.2) is 4.98 Å². The van der Waals surface area contributed by atoms with E-state index in [9.17, 15) is 0 Å². The Labute approximate surface area is 168 Å². The Balaban J connectivity index is 1.44. The van der Waals surface area contributed by atoms with Gasteiger partial charge in [-0.15, -0.1) is 0 Å². The van der Waals surface area contributed by atoms with E-state index in [-0.39, 0.29) is 0 Å². The zero-order chi connectivity index (χ0) is 19.1. The smallest absolute Gasteiger partial charge is 0.0434 e. The molecule has 0 aliphatic heterocycles. The van der Waals surface area contributed by atoms with Gasteiger partial charge in [-0.05, 0) is 86.7 Å². The second kappa shape index (κ2) is 10.6. The topological polar surface area (TPSA) is 12.9 Å². The number of rotatable bonds is 8. The molecule has 0 N–H and O–H groups in total. The Bertz CT molecular complexity index is 518. The first kappa shape index (κ1) is 20.9. The van der Waals surface area contributed by atoms with Gasteiger partial charge in [0.2, 0.25) is 0 Å². The van der Waals surface area contributed by atoms with Crippen LogP contribution in [0.4, 0.5) is 0 Å². The number of hydrogen-bond donors (Lipinski definition) is 0. The van der Waals surface area contributed by atoms with Crippen molar-refractivity contribution in [2.24, 2.45) is 23.7 Å². The van der Waals surface area contributed by atoms with Crippen LogP contribution in [0.3, 0.4) is 0 Å². The maximum absolute atomic E-state index is 4.84. The second-order valence-corrected chi connectivity index (χ2v) is 9.73. The van der Waals surface area contributed by atoms with Gasteiger partial charge in [-0.1, -0.05) is 58.9 Å². The Hall–Kier alpha value is -0.850. The Kier molecular flexibility index (Phi) is 8.22. The summed E-state index contributed by atoms with van der Waals surface area (Å²) in [6.07, 6.45) is 20.6. The van der Waals surface area contributed by atoms with Gasteiger partial charge >= 0.3 is 0 Å². The van der Waals surface area contributed by atoms with E-state index in [1.807, 2.05) is 0 Å². The van der Waals surface area contributed by atoms with Crippen LogP contribution in [0, 0.1) is 23.7 Å². The first-order valence-electron chi connectivity index (χ1n) is 12.2. The number of pyridine rings is 1. The minimum absolute atomic E-state index is 0.631. The molecule has 2 saturated carbocycles. The molecule has 0 radical (unpaired) electrons. The predicted octanol–water partition coefficient (Wildman–Crippen LogP) is 7.94. The molecule has 1 heterocycles. The van der Waals surface area contributed by atoms with E-state index in [4.69, 9.17) is 4.98 Å². The fourth-order valence-electron chi connectivity index (χ4n) is 5.95. The maximum atomic E-state index is 4.84. The van der Waals surface area contributed by atoms with E-state index in [0.29, 0.717) is 5.92 Å². The maximum Gasteiger partial charge on any atom is 0.0434 e. The van der Waals surface area contributed by atoms with Crippen molar-refractivity contribution in [3.63, 3.8) is 0 Å². The highest BCUT2D eigenvalue weighted by Crippen LogP contribution is 2.44. The Morgan fingerprint density at radius 2 is 1.56 bits per heavy atom. The zero-order valence-corrected chi connectivity index (χ0v) is 18.3. The summed E-state index contributed by atoms with van der Waals surface area (Å²) in [6.45, 7) is 7.04. The van der Waals surface area contributed by atoms with Gasteiger partial charge in [-0.2, -0.15) is 0 Å². The van der Waals surface area contributed by atoms with Crippen LogP contribution in [0.15, 0.2) is 18.3 Å². The summed E-state index contributed by atoms with van der Waals surface area (Å²) in [7, 11) is 0. The SMILES string of the molecule is CCCCc1ccc(C(C)C2CCC(C3CCC(CCC)CC3)CC2)nc1. The van der Waals surface area contributed by atoms with Crippen molar-refractivity contribution in [3.8, 4) is 0 Å². The lowest BCUT2D eigenvalue weighted by Crippen LogP contribution is -2.27. The van der Waals surface area contributed by atoms with Gasteiger partial charge in [-0.3, -0.25) is 4.98 Å². The van der Waals surface area contributed by atoms with Gasteiger partial charge in [0.25, 0.3) is 0 Å². The molecule has 1 nitrogen and oxygen atoms in total. The fourth-order valence-corrected chi connectivity index (χ4v) is 5.95. The molecule has 3 rings (SSSR count). The minimum Gasteiger partial charge on any atom is -0.261 e. The van der Waals surface area contributed by atoms with Crippen molar-refractivity contribution in [3.05, 3.63) is 29.6 Å². The molecule has 0 amide bonds. The van der Waals surface area contributed by atoms with Crippen LogP contribution >= 0.6 is 0 Å². The van der Waals surface area contributed by atoms with E-state index < -0.39 is 0 Å². The van der Waals surface area contributed by atoms with Crippen molar-refractivity contribution in [2.75, 3.05) is 0 Å². The quantitative estimate of drug-likeness (QED) is 0.453. The third kappa shape index (κ3) is 5.81. The minimum atomic E-state index is 0.631. The van der Waals surface area contributed by atoms with Crippen molar-refractivity contribution >= 4 is 0 Å². The number of unbranched alkanes of at least 4 members (excludes halogenated alkanes) is 1. The van der Waals surface area contributed by atoms with Gasteiger partial charge in [0.05, 0.1) is 0 Å². The van der Waals surface area contributed by atoms with Crippen molar-refractivity contribution in [1.29, 1.82) is 0 Å². The van der Waals surface area contributed by atoms with E-state index in [2.05, 4.69) is 39.1 Å². The lowest BCUT2D eigenvalue weighted by Gasteiger charge is -2.39. The molecule has 1 heteroatoms. The molecule has 2 fully saturated rings. The molecule has 27 heavy (non-hydrogen) atoms. The summed E-state index contributed by atoms with van der Waals surface area (Å²) in [5.41, 5.74) is 2.74. The third-order valence-electron chi connectivity index (χ3n) is 7.91. The van der Waals surface area contributed by atoms with Gasteiger partial charge in [-0.25, -0.2) is 0 Å². The second-order valence-electron chi connectivity index (χ2n) is 9.73. The fraction of sp³-hybridized carbons (Fsp3) is 0.808. The van der Waals surface area contributed by atoms with Crippen LogP contribution in [0.2, 0.25) is 0 Å². The molecule has 1 atom stereocenters. The molecule has 0 aromatic carbocycles. The van der Waals surface area contributed by atoms with Crippen LogP contribution in [-0.2, 0) is 6.42 Å². The summed E-state index contributed by atoms with van der Waals surface area (Å²) in [5, 5.41) is 0. The molecular weight excluding hydrogens is 326 g/mol. The van der Waals surface area contributed by atoms with E-state index in [1.54, 1.807) is 0 Å². The van der Waals surface area contributed by atoms with Gasteiger partial charge in [0.1, 0.15) is 0 Å². The lowest BCUT2D eigenvalue weighted by atomic mass is 9.67. The Morgan fingerprint density at radius 1 is 0.889 bits per heavy atom. The molecule has 0 spiro atoms. The van der Waals surface area contributed by atoms with E-state index in [0.717, 1.165) is 23.7 Å². The number of aryl methyl sites for hydroxylation is 1. The predicted molar refractivity (Wildman–Crippen MR) is 117 cm³/mol. The molecule has 1 aromatic heterocycles. The number of nitrogens with zero attached hydrogens (tertiary/aromatic N) is 1. The van der Waals surface area contributed by atoms with Crippen molar-refractivity contribution in [1.82, 2.24) is 4.98 Å². The molecule has 0 saturated heterocycles. The molecule has 2 aliphatic carbocycles. The highest BCUT2D eigenvalue weighted by atomic mass is 14.7. The van der Waals surface area contributed by atoms with Gasteiger partial charge < -0.3 is 0 Å². The first-order valence-corrected chi connectivity index (χ1v) is 12.2. The van der Waals surface area contributed by atoms with Crippen LogP contribution < -0.4 is 0 Å². The van der Waals surface area contributed by atoms with Crippen molar-refractivity contribution < 1.29 is 0 Å². The van der Waals surface area contributed by atoms with Gasteiger partial charge in [0, 0.05) is 17.8 Å².